The standard InChI is InChI=1S/C19H28O3/c1-3-4-5-8-16-10-12-17(13-11-16)19(20)22-21-18-9-6-7-15(2)14-18/h10-13,15,18H,3-9,14H2,1-2H3. The van der Waals surface area contributed by atoms with Crippen LogP contribution in [0.5, 0.6) is 0 Å². The molecule has 1 fully saturated rings. The summed E-state index contributed by atoms with van der Waals surface area (Å²) in [5.41, 5.74) is 1.83. The number of unbranched alkanes of at least 4 members (excludes halogenated alkanes) is 2. The second-order valence-corrected chi connectivity index (χ2v) is 6.51. The third kappa shape index (κ3) is 5.45. The molecule has 0 aromatic heterocycles. The molecule has 3 nitrogen and oxygen atoms in total. The minimum atomic E-state index is -0.390. The lowest BCUT2D eigenvalue weighted by Gasteiger charge is -2.24. The summed E-state index contributed by atoms with van der Waals surface area (Å²) in [7, 11) is 0. The summed E-state index contributed by atoms with van der Waals surface area (Å²) < 4.78 is 0. The summed E-state index contributed by atoms with van der Waals surface area (Å²) >= 11 is 0. The minimum absolute atomic E-state index is 0.0565. The van der Waals surface area contributed by atoms with Crippen molar-refractivity contribution in [1.29, 1.82) is 0 Å². The largest absolute Gasteiger partial charge is 0.373 e. The summed E-state index contributed by atoms with van der Waals surface area (Å²) in [6, 6.07) is 7.68. The zero-order chi connectivity index (χ0) is 15.8. The van der Waals surface area contributed by atoms with Gasteiger partial charge >= 0.3 is 5.97 Å². The van der Waals surface area contributed by atoms with Crippen molar-refractivity contribution in [1.82, 2.24) is 0 Å². The topological polar surface area (TPSA) is 35.5 Å². The fourth-order valence-electron chi connectivity index (χ4n) is 3.01. The van der Waals surface area contributed by atoms with E-state index in [0.717, 1.165) is 25.7 Å². The Morgan fingerprint density at radius 3 is 2.64 bits per heavy atom. The van der Waals surface area contributed by atoms with Gasteiger partial charge in [0.05, 0.1) is 5.56 Å². The van der Waals surface area contributed by atoms with E-state index in [0.29, 0.717) is 11.5 Å². The fourth-order valence-corrected chi connectivity index (χ4v) is 3.01. The number of carbonyl (C=O) groups is 1. The van der Waals surface area contributed by atoms with Crippen LogP contribution in [-0.2, 0) is 16.2 Å². The number of benzene rings is 1. The lowest BCUT2D eigenvalue weighted by molar-refractivity contribution is -0.281. The van der Waals surface area contributed by atoms with E-state index in [-0.39, 0.29) is 6.10 Å². The SMILES string of the molecule is CCCCCc1ccc(C(=O)OOC2CCCC(C)C2)cc1. The molecule has 2 unspecified atom stereocenters. The Morgan fingerprint density at radius 2 is 1.95 bits per heavy atom. The van der Waals surface area contributed by atoms with Crippen molar-refractivity contribution in [2.45, 2.75) is 71.3 Å². The summed E-state index contributed by atoms with van der Waals surface area (Å²) in [5, 5.41) is 0. The molecular formula is C19H28O3. The average molecular weight is 304 g/mol. The van der Waals surface area contributed by atoms with Crippen LogP contribution in [0.15, 0.2) is 24.3 Å². The number of hydrogen-bond donors (Lipinski definition) is 0. The molecule has 0 amide bonds. The van der Waals surface area contributed by atoms with Crippen molar-refractivity contribution in [2.24, 2.45) is 5.92 Å². The van der Waals surface area contributed by atoms with E-state index in [9.17, 15) is 4.79 Å². The van der Waals surface area contributed by atoms with Crippen LogP contribution >= 0.6 is 0 Å². The van der Waals surface area contributed by atoms with Gasteiger partial charge in [0.2, 0.25) is 0 Å². The molecule has 0 aliphatic heterocycles. The highest BCUT2D eigenvalue weighted by molar-refractivity contribution is 5.88. The van der Waals surface area contributed by atoms with Gasteiger partial charge in [0.1, 0.15) is 6.10 Å². The summed E-state index contributed by atoms with van der Waals surface area (Å²) in [6.07, 6.45) is 9.14. The highest BCUT2D eigenvalue weighted by Crippen LogP contribution is 2.26. The summed E-state index contributed by atoms with van der Waals surface area (Å²) in [5.74, 6) is 0.262. The van der Waals surface area contributed by atoms with Crippen LogP contribution in [0.1, 0.15) is 74.7 Å². The van der Waals surface area contributed by atoms with E-state index >= 15 is 0 Å². The monoisotopic (exact) mass is 304 g/mol. The minimum Gasteiger partial charge on any atom is -0.293 e. The molecular weight excluding hydrogens is 276 g/mol. The lowest BCUT2D eigenvalue weighted by Crippen LogP contribution is -2.23. The second kappa shape index (κ2) is 8.94. The van der Waals surface area contributed by atoms with Gasteiger partial charge in [-0.15, -0.1) is 0 Å². The Hall–Kier alpha value is -1.35. The van der Waals surface area contributed by atoms with Crippen LogP contribution in [0.25, 0.3) is 0 Å². The van der Waals surface area contributed by atoms with E-state index in [1.54, 1.807) is 0 Å². The maximum atomic E-state index is 12.0. The van der Waals surface area contributed by atoms with E-state index in [4.69, 9.17) is 9.78 Å². The lowest BCUT2D eigenvalue weighted by atomic mass is 9.89. The van der Waals surface area contributed by atoms with Crippen LogP contribution in [-0.4, -0.2) is 12.1 Å². The molecule has 0 heterocycles. The number of hydrogen-bond acceptors (Lipinski definition) is 3. The van der Waals surface area contributed by atoms with Gasteiger partial charge in [0.25, 0.3) is 0 Å². The number of carbonyl (C=O) groups excluding carboxylic acids is 1. The molecule has 0 radical (unpaired) electrons. The van der Waals surface area contributed by atoms with Crippen molar-refractivity contribution in [3.8, 4) is 0 Å². The third-order valence-electron chi connectivity index (χ3n) is 4.41. The summed E-state index contributed by atoms with van der Waals surface area (Å²) in [4.78, 5) is 22.3. The van der Waals surface area contributed by atoms with Gasteiger partial charge in [-0.3, -0.25) is 4.89 Å². The van der Waals surface area contributed by atoms with Crippen molar-refractivity contribution >= 4 is 5.97 Å². The predicted octanol–water partition coefficient (Wildman–Crippen LogP) is 5.09. The zero-order valence-corrected chi connectivity index (χ0v) is 13.8. The maximum Gasteiger partial charge on any atom is 0.373 e. The van der Waals surface area contributed by atoms with E-state index < -0.39 is 5.97 Å². The van der Waals surface area contributed by atoms with Gasteiger partial charge < -0.3 is 0 Å². The van der Waals surface area contributed by atoms with Crippen LogP contribution in [0, 0.1) is 5.92 Å². The molecule has 1 aromatic carbocycles. The van der Waals surface area contributed by atoms with Crippen LogP contribution in [0.4, 0.5) is 0 Å². The number of rotatable bonds is 7. The van der Waals surface area contributed by atoms with Crippen LogP contribution < -0.4 is 0 Å². The molecule has 1 aliphatic carbocycles. The van der Waals surface area contributed by atoms with Crippen molar-refractivity contribution in [3.05, 3.63) is 35.4 Å². The summed E-state index contributed by atoms with van der Waals surface area (Å²) in [6.45, 7) is 4.42. The van der Waals surface area contributed by atoms with E-state index in [1.165, 1.54) is 31.2 Å². The molecule has 1 saturated carbocycles. The molecule has 1 aromatic rings. The molecule has 3 heteroatoms. The first kappa shape index (κ1) is 17.0. The fraction of sp³-hybridized carbons (Fsp3) is 0.632. The normalized spacial score (nSPS) is 21.5. The van der Waals surface area contributed by atoms with Crippen molar-refractivity contribution < 1.29 is 14.6 Å². The van der Waals surface area contributed by atoms with Gasteiger partial charge in [-0.1, -0.05) is 51.7 Å². The molecule has 2 rings (SSSR count). The van der Waals surface area contributed by atoms with Gasteiger partial charge in [-0.2, -0.15) is 4.89 Å². The predicted molar refractivity (Wildman–Crippen MR) is 87.6 cm³/mol. The Balaban J connectivity index is 1.77. The molecule has 1 aliphatic rings. The van der Waals surface area contributed by atoms with Crippen molar-refractivity contribution in [3.63, 3.8) is 0 Å². The highest BCUT2D eigenvalue weighted by atomic mass is 17.2. The second-order valence-electron chi connectivity index (χ2n) is 6.51. The van der Waals surface area contributed by atoms with Crippen LogP contribution in [0.3, 0.4) is 0 Å². The molecule has 0 spiro atoms. The Morgan fingerprint density at radius 1 is 1.18 bits per heavy atom. The zero-order valence-electron chi connectivity index (χ0n) is 13.8. The molecule has 22 heavy (non-hydrogen) atoms. The Labute approximate surface area is 133 Å². The maximum absolute atomic E-state index is 12.0. The van der Waals surface area contributed by atoms with E-state index in [1.807, 2.05) is 24.3 Å². The Bertz CT molecular complexity index is 452. The first-order valence-corrected chi connectivity index (χ1v) is 8.65. The van der Waals surface area contributed by atoms with Gasteiger partial charge in [0.15, 0.2) is 0 Å². The average Bonchev–Trinajstić information content (AvgIpc) is 2.54. The van der Waals surface area contributed by atoms with Gasteiger partial charge in [-0.05, 0) is 49.3 Å². The highest BCUT2D eigenvalue weighted by Gasteiger charge is 2.22. The smallest absolute Gasteiger partial charge is 0.293 e. The number of aryl methyl sites for hydroxylation is 1. The molecule has 2 atom stereocenters. The molecule has 0 N–H and O–H groups in total. The van der Waals surface area contributed by atoms with Gasteiger partial charge in [-0.25, -0.2) is 4.79 Å². The third-order valence-corrected chi connectivity index (χ3v) is 4.41. The molecule has 0 bridgehead atoms. The molecule has 0 saturated heterocycles. The first-order chi connectivity index (χ1) is 10.7. The first-order valence-electron chi connectivity index (χ1n) is 8.65. The quantitative estimate of drug-likeness (QED) is 0.400. The molecule has 122 valence electrons. The van der Waals surface area contributed by atoms with Crippen LogP contribution in [0.2, 0.25) is 0 Å². The Kier molecular flexibility index (Phi) is 6.91. The van der Waals surface area contributed by atoms with E-state index in [2.05, 4.69) is 13.8 Å². The van der Waals surface area contributed by atoms with Gasteiger partial charge in [0, 0.05) is 0 Å². The van der Waals surface area contributed by atoms with Crippen molar-refractivity contribution in [2.75, 3.05) is 0 Å².